The van der Waals surface area contributed by atoms with Crippen molar-refractivity contribution in [2.75, 3.05) is 13.2 Å². The molecular formula is C28H25FN2O4. The van der Waals surface area contributed by atoms with Gasteiger partial charge in [0.2, 0.25) is 5.91 Å². The molecule has 0 saturated heterocycles. The summed E-state index contributed by atoms with van der Waals surface area (Å²) in [6.07, 6.45) is 3.48. The first-order valence-corrected chi connectivity index (χ1v) is 11.6. The van der Waals surface area contributed by atoms with Crippen molar-refractivity contribution in [3.63, 3.8) is 0 Å². The predicted molar refractivity (Wildman–Crippen MR) is 130 cm³/mol. The molecular weight excluding hydrogens is 447 g/mol. The van der Waals surface area contributed by atoms with Crippen LogP contribution in [0.1, 0.15) is 34.7 Å². The molecule has 4 aromatic rings. The number of carboxylic acids is 1. The lowest BCUT2D eigenvalue weighted by Crippen LogP contribution is -2.41. The van der Waals surface area contributed by atoms with Crippen LogP contribution < -0.4 is 4.74 Å². The van der Waals surface area contributed by atoms with Crippen molar-refractivity contribution >= 4 is 22.8 Å². The molecule has 0 spiro atoms. The highest BCUT2D eigenvalue weighted by Crippen LogP contribution is 2.40. The lowest BCUT2D eigenvalue weighted by atomic mass is 9.87. The number of H-pyrrole nitrogens is 1. The van der Waals surface area contributed by atoms with E-state index in [1.165, 1.54) is 18.2 Å². The predicted octanol–water partition coefficient (Wildman–Crippen LogP) is 4.88. The third-order valence-electron chi connectivity index (χ3n) is 6.50. The fourth-order valence-electron chi connectivity index (χ4n) is 4.90. The van der Waals surface area contributed by atoms with Crippen molar-refractivity contribution < 1.29 is 23.8 Å². The van der Waals surface area contributed by atoms with E-state index in [-0.39, 0.29) is 11.7 Å². The van der Waals surface area contributed by atoms with Gasteiger partial charge >= 0.3 is 5.97 Å². The molecule has 0 aliphatic carbocycles. The van der Waals surface area contributed by atoms with Gasteiger partial charge in [0.1, 0.15) is 11.6 Å². The van der Waals surface area contributed by atoms with Crippen LogP contribution in [-0.4, -0.2) is 40.0 Å². The van der Waals surface area contributed by atoms with Crippen LogP contribution in [0.15, 0.2) is 72.9 Å². The summed E-state index contributed by atoms with van der Waals surface area (Å²) in [4.78, 5) is 29.7. The molecule has 0 bridgehead atoms. The zero-order valence-electron chi connectivity index (χ0n) is 19.0. The SMILES string of the molecule is O=C(O)COc1ccc(F)cc1C1c2ccccc2CCN1C(=O)CCc1c[nH]c2ccccc12. The summed E-state index contributed by atoms with van der Waals surface area (Å²) in [5.74, 6) is -1.40. The van der Waals surface area contributed by atoms with Gasteiger partial charge in [0.15, 0.2) is 6.61 Å². The Morgan fingerprint density at radius 1 is 1.06 bits per heavy atom. The number of halogens is 1. The van der Waals surface area contributed by atoms with Crippen molar-refractivity contribution in [1.29, 1.82) is 0 Å². The van der Waals surface area contributed by atoms with Gasteiger partial charge < -0.3 is 19.7 Å². The van der Waals surface area contributed by atoms with E-state index in [1.54, 1.807) is 4.90 Å². The topological polar surface area (TPSA) is 82.6 Å². The molecule has 1 atom stereocenters. The number of carboxylic acid groups (broad SMARTS) is 1. The fourth-order valence-corrected chi connectivity index (χ4v) is 4.90. The van der Waals surface area contributed by atoms with Crippen molar-refractivity contribution in [2.45, 2.75) is 25.3 Å². The first kappa shape index (κ1) is 22.7. The molecule has 1 unspecified atom stereocenters. The number of aromatic nitrogens is 1. The highest BCUT2D eigenvalue weighted by atomic mass is 19.1. The maximum absolute atomic E-state index is 14.4. The number of fused-ring (bicyclic) bond motifs is 2. The Morgan fingerprint density at radius 3 is 2.71 bits per heavy atom. The smallest absolute Gasteiger partial charge is 0.341 e. The van der Waals surface area contributed by atoms with E-state index in [2.05, 4.69) is 4.98 Å². The van der Waals surface area contributed by atoms with E-state index in [0.717, 1.165) is 27.6 Å². The Hall–Kier alpha value is -4.13. The second kappa shape index (κ2) is 9.62. The maximum atomic E-state index is 14.4. The van der Waals surface area contributed by atoms with E-state index in [4.69, 9.17) is 9.84 Å². The minimum absolute atomic E-state index is 0.0526. The number of para-hydroxylation sites is 1. The third kappa shape index (κ3) is 4.62. The molecule has 35 heavy (non-hydrogen) atoms. The molecule has 1 aliphatic heterocycles. The molecule has 1 aliphatic rings. The largest absolute Gasteiger partial charge is 0.482 e. The zero-order chi connectivity index (χ0) is 24.4. The lowest BCUT2D eigenvalue weighted by Gasteiger charge is -2.38. The Labute approximate surface area is 202 Å². The summed E-state index contributed by atoms with van der Waals surface area (Å²) in [6, 6.07) is 19.2. The van der Waals surface area contributed by atoms with Crippen molar-refractivity contribution in [1.82, 2.24) is 9.88 Å². The van der Waals surface area contributed by atoms with Gasteiger partial charge in [-0.15, -0.1) is 0 Å². The van der Waals surface area contributed by atoms with Gasteiger partial charge in [-0.05, 0) is 53.8 Å². The van der Waals surface area contributed by atoms with Gasteiger partial charge in [0, 0.05) is 35.6 Å². The molecule has 7 heteroatoms. The van der Waals surface area contributed by atoms with Crippen molar-refractivity contribution in [2.24, 2.45) is 0 Å². The molecule has 6 nitrogen and oxygen atoms in total. The molecule has 1 aromatic heterocycles. The number of carbonyl (C=O) groups excluding carboxylic acids is 1. The van der Waals surface area contributed by atoms with Crippen LogP contribution in [0.5, 0.6) is 5.75 Å². The molecule has 1 amide bonds. The number of amides is 1. The number of nitrogens with one attached hydrogen (secondary N) is 1. The quantitative estimate of drug-likeness (QED) is 0.402. The minimum atomic E-state index is -1.13. The van der Waals surface area contributed by atoms with E-state index < -0.39 is 24.4 Å². The van der Waals surface area contributed by atoms with E-state index >= 15 is 0 Å². The highest BCUT2D eigenvalue weighted by molar-refractivity contribution is 5.84. The summed E-state index contributed by atoms with van der Waals surface area (Å²) in [6.45, 7) is -0.0786. The number of hydrogen-bond donors (Lipinski definition) is 2. The second-order valence-corrected chi connectivity index (χ2v) is 8.66. The number of benzene rings is 3. The second-order valence-electron chi connectivity index (χ2n) is 8.66. The molecule has 0 fully saturated rings. The molecule has 2 N–H and O–H groups in total. The van der Waals surface area contributed by atoms with Gasteiger partial charge in [0.25, 0.3) is 0 Å². The van der Waals surface area contributed by atoms with Crippen LogP contribution in [0.4, 0.5) is 4.39 Å². The number of carbonyl (C=O) groups is 2. The van der Waals surface area contributed by atoms with E-state index in [0.29, 0.717) is 31.4 Å². The van der Waals surface area contributed by atoms with E-state index in [1.807, 2.05) is 54.7 Å². The highest BCUT2D eigenvalue weighted by Gasteiger charge is 2.34. The fraction of sp³-hybridized carbons (Fsp3) is 0.214. The first-order chi connectivity index (χ1) is 17.0. The van der Waals surface area contributed by atoms with Crippen LogP contribution in [-0.2, 0) is 22.4 Å². The van der Waals surface area contributed by atoms with Crippen molar-refractivity contribution in [3.8, 4) is 5.75 Å². The van der Waals surface area contributed by atoms with Gasteiger partial charge in [-0.2, -0.15) is 0 Å². The monoisotopic (exact) mass is 472 g/mol. The third-order valence-corrected chi connectivity index (χ3v) is 6.50. The zero-order valence-corrected chi connectivity index (χ0v) is 19.0. The standard InChI is InChI=1S/C28H25FN2O4/c29-20-10-11-25(35-17-27(33)34)23(15-20)28-22-7-2-1-5-18(22)13-14-31(28)26(32)12-9-19-16-30-24-8-4-3-6-21(19)24/h1-8,10-11,15-16,28,30H,9,12-14,17H2,(H,33,34). The Kier molecular flexibility index (Phi) is 6.23. The average molecular weight is 473 g/mol. The summed E-state index contributed by atoms with van der Waals surface area (Å²) in [7, 11) is 0. The summed E-state index contributed by atoms with van der Waals surface area (Å²) >= 11 is 0. The summed E-state index contributed by atoms with van der Waals surface area (Å²) in [5.41, 5.74) is 4.51. The first-order valence-electron chi connectivity index (χ1n) is 11.6. The molecule has 0 radical (unpaired) electrons. The van der Waals surface area contributed by atoms with Crippen LogP contribution >= 0.6 is 0 Å². The van der Waals surface area contributed by atoms with Gasteiger partial charge in [-0.1, -0.05) is 42.5 Å². The van der Waals surface area contributed by atoms with Crippen LogP contribution in [0.3, 0.4) is 0 Å². The van der Waals surface area contributed by atoms with Crippen LogP contribution in [0.2, 0.25) is 0 Å². The summed E-state index contributed by atoms with van der Waals surface area (Å²) < 4.78 is 19.9. The normalized spacial score (nSPS) is 15.1. The number of hydrogen-bond acceptors (Lipinski definition) is 3. The van der Waals surface area contributed by atoms with Gasteiger partial charge in [-0.25, -0.2) is 9.18 Å². The molecule has 0 saturated carbocycles. The van der Waals surface area contributed by atoms with Crippen LogP contribution in [0.25, 0.3) is 10.9 Å². The Balaban J connectivity index is 1.48. The molecule has 3 aromatic carbocycles. The average Bonchev–Trinajstić information content (AvgIpc) is 3.29. The van der Waals surface area contributed by atoms with Crippen LogP contribution in [0, 0.1) is 5.82 Å². The number of aryl methyl sites for hydroxylation is 1. The molecule has 178 valence electrons. The summed E-state index contributed by atoms with van der Waals surface area (Å²) in [5, 5.41) is 10.2. The van der Waals surface area contributed by atoms with Gasteiger partial charge in [0.05, 0.1) is 6.04 Å². The molecule has 2 heterocycles. The number of aliphatic carboxylic acids is 1. The van der Waals surface area contributed by atoms with Gasteiger partial charge in [-0.3, -0.25) is 4.79 Å². The number of ether oxygens (including phenoxy) is 1. The Bertz CT molecular complexity index is 1400. The van der Waals surface area contributed by atoms with E-state index in [9.17, 15) is 14.0 Å². The number of aromatic amines is 1. The number of nitrogens with zero attached hydrogens (tertiary/aromatic N) is 1. The molecule has 5 rings (SSSR count). The Morgan fingerprint density at radius 2 is 1.86 bits per heavy atom. The van der Waals surface area contributed by atoms with Crippen molar-refractivity contribution in [3.05, 3.63) is 101 Å². The number of rotatable bonds is 7. The lowest BCUT2D eigenvalue weighted by molar-refractivity contribution is -0.139. The maximum Gasteiger partial charge on any atom is 0.341 e. The minimum Gasteiger partial charge on any atom is -0.482 e.